The summed E-state index contributed by atoms with van der Waals surface area (Å²) in [6, 6.07) is 0. The molecule has 20 heavy (non-hydrogen) atoms. The molecule has 2 rings (SSSR count). The summed E-state index contributed by atoms with van der Waals surface area (Å²) < 4.78 is 43.3. The van der Waals surface area contributed by atoms with Gasteiger partial charge in [0.15, 0.2) is 5.65 Å². The van der Waals surface area contributed by atoms with Gasteiger partial charge in [0.05, 0.1) is 6.61 Å². The minimum Gasteiger partial charge on any atom is -0.477 e. The smallest absolute Gasteiger partial charge is 0.405 e. The second kappa shape index (κ2) is 5.14. The van der Waals surface area contributed by atoms with E-state index in [-0.39, 0.29) is 5.95 Å². The third-order valence-corrected chi connectivity index (χ3v) is 2.78. The van der Waals surface area contributed by atoms with Gasteiger partial charge in [0.1, 0.15) is 6.54 Å². The number of fused-ring (bicyclic) bond motifs is 1. The number of hydrogen-bond donors (Lipinski definition) is 1. The molecule has 0 aliphatic heterocycles. The average Bonchev–Trinajstić information content (AvgIpc) is 2.76. The van der Waals surface area contributed by atoms with E-state index in [2.05, 4.69) is 20.6 Å². The molecule has 110 valence electrons. The number of alkyl halides is 3. The maximum Gasteiger partial charge on any atom is 0.405 e. The van der Waals surface area contributed by atoms with Crippen molar-refractivity contribution in [3.63, 3.8) is 0 Å². The molecule has 0 aromatic carbocycles. The number of rotatable bonds is 4. The average molecular weight is 289 g/mol. The Morgan fingerprint density at radius 2 is 1.90 bits per heavy atom. The molecule has 0 spiro atoms. The van der Waals surface area contributed by atoms with Crippen molar-refractivity contribution in [2.24, 2.45) is 0 Å². The number of ether oxygens (including phenoxy) is 1. The van der Waals surface area contributed by atoms with Crippen molar-refractivity contribution in [2.75, 3.05) is 18.5 Å². The van der Waals surface area contributed by atoms with Crippen molar-refractivity contribution in [1.82, 2.24) is 19.8 Å². The molecule has 0 saturated heterocycles. The molecule has 1 N–H and O–H groups in total. The maximum absolute atomic E-state index is 12.2. The minimum atomic E-state index is -4.34. The predicted octanol–water partition coefficient (Wildman–Crippen LogP) is 2.11. The van der Waals surface area contributed by atoms with Crippen LogP contribution in [-0.4, -0.2) is 39.1 Å². The Bertz CT molecular complexity index is 623. The van der Waals surface area contributed by atoms with Gasteiger partial charge >= 0.3 is 6.18 Å². The lowest BCUT2D eigenvalue weighted by Crippen LogP contribution is -2.22. The topological polar surface area (TPSA) is 64.3 Å². The highest BCUT2D eigenvalue weighted by atomic mass is 19.4. The van der Waals surface area contributed by atoms with E-state index in [1.807, 2.05) is 6.92 Å². The van der Waals surface area contributed by atoms with Crippen molar-refractivity contribution < 1.29 is 17.9 Å². The zero-order valence-corrected chi connectivity index (χ0v) is 11.2. The molecule has 0 bridgehead atoms. The lowest BCUT2D eigenvalue weighted by molar-refractivity contribution is -0.115. The molecule has 0 unspecified atom stereocenters. The van der Waals surface area contributed by atoms with Gasteiger partial charge in [0, 0.05) is 11.1 Å². The van der Waals surface area contributed by atoms with E-state index in [9.17, 15) is 13.2 Å². The fourth-order valence-corrected chi connectivity index (χ4v) is 1.67. The van der Waals surface area contributed by atoms with Gasteiger partial charge in [-0.3, -0.25) is 0 Å². The van der Waals surface area contributed by atoms with Crippen LogP contribution in [0.2, 0.25) is 0 Å². The van der Waals surface area contributed by atoms with E-state index >= 15 is 0 Å². The van der Waals surface area contributed by atoms with Crippen LogP contribution in [0.25, 0.3) is 5.65 Å². The first kappa shape index (κ1) is 14.4. The lowest BCUT2D eigenvalue weighted by Gasteiger charge is -2.11. The molecule has 0 fully saturated rings. The summed E-state index contributed by atoms with van der Waals surface area (Å²) in [6.07, 6.45) is -4.34. The van der Waals surface area contributed by atoms with Gasteiger partial charge in [-0.25, -0.2) is 0 Å². The van der Waals surface area contributed by atoms with Crippen LogP contribution in [0, 0.1) is 13.8 Å². The van der Waals surface area contributed by atoms with Crippen LogP contribution in [0.15, 0.2) is 0 Å². The van der Waals surface area contributed by atoms with Gasteiger partial charge < -0.3 is 10.1 Å². The summed E-state index contributed by atoms with van der Waals surface area (Å²) in [5.74, 6) is 0.286. The van der Waals surface area contributed by atoms with Crippen molar-refractivity contribution in [3.8, 4) is 5.88 Å². The van der Waals surface area contributed by atoms with E-state index in [1.165, 1.54) is 4.52 Å². The molecule has 2 aromatic heterocycles. The summed E-state index contributed by atoms with van der Waals surface area (Å²) in [7, 11) is 0. The van der Waals surface area contributed by atoms with E-state index in [0.717, 1.165) is 11.1 Å². The van der Waals surface area contributed by atoms with Gasteiger partial charge in [-0.15, -0.1) is 15.3 Å². The quantitative estimate of drug-likeness (QED) is 0.934. The second-order valence-corrected chi connectivity index (χ2v) is 4.22. The standard InChI is InChI=1S/C11H14F3N5O/c1-4-20-9-7(3)6(2)8-16-17-10(19(8)18-9)15-5-11(12,13)14/h4-5H2,1-3H3,(H,15,17). The SMILES string of the molecule is CCOc1nn2c(NCC(F)(F)F)nnc2c(C)c1C. The van der Waals surface area contributed by atoms with Crippen LogP contribution in [-0.2, 0) is 0 Å². The van der Waals surface area contributed by atoms with E-state index in [4.69, 9.17) is 4.74 Å². The maximum atomic E-state index is 12.2. The Morgan fingerprint density at radius 1 is 1.20 bits per heavy atom. The molecule has 9 heteroatoms. The Balaban J connectivity index is 2.43. The van der Waals surface area contributed by atoms with Crippen molar-refractivity contribution in [1.29, 1.82) is 0 Å². The summed E-state index contributed by atoms with van der Waals surface area (Å²) >= 11 is 0. The summed E-state index contributed by atoms with van der Waals surface area (Å²) in [5.41, 5.74) is 1.95. The molecule has 0 saturated carbocycles. The Hall–Kier alpha value is -2.06. The third kappa shape index (κ3) is 2.75. The second-order valence-electron chi connectivity index (χ2n) is 4.22. The summed E-state index contributed by atoms with van der Waals surface area (Å²) in [5, 5.41) is 13.8. The van der Waals surface area contributed by atoms with Crippen LogP contribution in [0.5, 0.6) is 5.88 Å². The highest BCUT2D eigenvalue weighted by Gasteiger charge is 2.28. The molecule has 0 aliphatic rings. The van der Waals surface area contributed by atoms with Crippen molar-refractivity contribution in [3.05, 3.63) is 11.1 Å². The first-order valence-corrected chi connectivity index (χ1v) is 5.99. The van der Waals surface area contributed by atoms with Crippen LogP contribution < -0.4 is 10.1 Å². The van der Waals surface area contributed by atoms with Gasteiger partial charge in [0.25, 0.3) is 0 Å². The molecular formula is C11H14F3N5O. The van der Waals surface area contributed by atoms with Crippen LogP contribution in [0.3, 0.4) is 0 Å². The largest absolute Gasteiger partial charge is 0.477 e. The fraction of sp³-hybridized carbons (Fsp3) is 0.545. The first-order chi connectivity index (χ1) is 9.33. The van der Waals surface area contributed by atoms with Gasteiger partial charge in [-0.1, -0.05) is 0 Å². The zero-order chi connectivity index (χ0) is 14.9. The number of halogens is 3. The first-order valence-electron chi connectivity index (χ1n) is 5.99. The molecule has 0 aliphatic carbocycles. The van der Waals surface area contributed by atoms with E-state index in [1.54, 1.807) is 13.8 Å². The minimum absolute atomic E-state index is 0.0682. The molecule has 0 atom stereocenters. The Labute approximate surface area is 112 Å². The number of anilines is 1. The van der Waals surface area contributed by atoms with Crippen LogP contribution in [0.1, 0.15) is 18.1 Å². The molecule has 0 amide bonds. The zero-order valence-electron chi connectivity index (χ0n) is 11.2. The number of aryl methyl sites for hydroxylation is 1. The van der Waals surface area contributed by atoms with Crippen molar-refractivity contribution in [2.45, 2.75) is 26.9 Å². The number of aromatic nitrogens is 4. The molecule has 6 nitrogen and oxygen atoms in total. The summed E-state index contributed by atoms with van der Waals surface area (Å²) in [4.78, 5) is 0. The lowest BCUT2D eigenvalue weighted by atomic mass is 10.2. The fourth-order valence-electron chi connectivity index (χ4n) is 1.67. The van der Waals surface area contributed by atoms with Gasteiger partial charge in [0.2, 0.25) is 11.8 Å². The summed E-state index contributed by atoms with van der Waals surface area (Å²) in [6.45, 7) is 4.61. The normalized spacial score (nSPS) is 11.9. The van der Waals surface area contributed by atoms with E-state index in [0.29, 0.717) is 18.1 Å². The molecule has 2 aromatic rings. The molecule has 2 heterocycles. The monoisotopic (exact) mass is 289 g/mol. The van der Waals surface area contributed by atoms with Gasteiger partial charge in [-0.2, -0.15) is 17.7 Å². The predicted molar refractivity (Wildman–Crippen MR) is 66.0 cm³/mol. The number of hydrogen-bond acceptors (Lipinski definition) is 5. The Morgan fingerprint density at radius 3 is 2.50 bits per heavy atom. The molecular weight excluding hydrogens is 275 g/mol. The number of nitrogens with zero attached hydrogens (tertiary/aromatic N) is 4. The van der Waals surface area contributed by atoms with Crippen molar-refractivity contribution >= 4 is 11.6 Å². The highest BCUT2D eigenvalue weighted by molar-refractivity contribution is 5.55. The van der Waals surface area contributed by atoms with Crippen LogP contribution >= 0.6 is 0 Å². The molecule has 0 radical (unpaired) electrons. The third-order valence-electron chi connectivity index (χ3n) is 2.78. The number of nitrogens with one attached hydrogen (secondary N) is 1. The Kier molecular flexibility index (Phi) is 3.69. The van der Waals surface area contributed by atoms with Crippen LogP contribution in [0.4, 0.5) is 19.1 Å². The van der Waals surface area contributed by atoms with E-state index < -0.39 is 12.7 Å². The van der Waals surface area contributed by atoms with Gasteiger partial charge in [-0.05, 0) is 20.8 Å². The highest BCUT2D eigenvalue weighted by Crippen LogP contribution is 2.23.